The molecular weight excluding hydrogens is 324 g/mol. The monoisotopic (exact) mass is 344 g/mol. The van der Waals surface area contributed by atoms with Gasteiger partial charge >= 0.3 is 0 Å². The number of nitro groups is 1. The van der Waals surface area contributed by atoms with E-state index in [0.717, 1.165) is 5.75 Å². The largest absolute Gasteiger partial charge is 0.497 e. The third-order valence-corrected chi connectivity index (χ3v) is 3.57. The summed E-state index contributed by atoms with van der Waals surface area (Å²) in [7, 11) is 1.60. The van der Waals surface area contributed by atoms with Crippen molar-refractivity contribution in [2.75, 3.05) is 19.0 Å². The van der Waals surface area contributed by atoms with Gasteiger partial charge in [0.1, 0.15) is 11.5 Å². The van der Waals surface area contributed by atoms with Crippen LogP contribution in [-0.2, 0) is 4.79 Å². The average Bonchev–Trinajstić information content (AvgIpc) is 2.61. The van der Waals surface area contributed by atoms with E-state index in [1.165, 1.54) is 12.1 Å². The summed E-state index contributed by atoms with van der Waals surface area (Å²) in [6.45, 7) is 2.13. The van der Waals surface area contributed by atoms with Crippen LogP contribution < -0.4 is 14.8 Å². The zero-order chi connectivity index (χ0) is 18.2. The third kappa shape index (κ3) is 5.49. The summed E-state index contributed by atoms with van der Waals surface area (Å²) in [4.78, 5) is 22.2. The van der Waals surface area contributed by atoms with Gasteiger partial charge in [0.25, 0.3) is 5.69 Å². The van der Waals surface area contributed by atoms with Crippen molar-refractivity contribution in [1.29, 1.82) is 0 Å². The van der Waals surface area contributed by atoms with Gasteiger partial charge in [0.2, 0.25) is 5.91 Å². The first-order valence-electron chi connectivity index (χ1n) is 7.81. The molecule has 7 heteroatoms. The smallest absolute Gasteiger partial charge is 0.269 e. The molecule has 2 aromatic rings. The lowest BCUT2D eigenvalue weighted by Gasteiger charge is -2.09. The Hall–Kier alpha value is -3.09. The second-order valence-corrected chi connectivity index (χ2v) is 5.43. The standard InChI is InChI=1S/C18H20N2O5/c1-13-12-14(20(22)23)5-10-17(13)19-18(21)4-3-11-25-16-8-6-15(24-2)7-9-16/h5-10,12H,3-4,11H2,1-2H3,(H,19,21). The number of hydrogen-bond acceptors (Lipinski definition) is 5. The molecule has 0 aliphatic heterocycles. The maximum absolute atomic E-state index is 12.0. The van der Waals surface area contributed by atoms with Crippen molar-refractivity contribution in [1.82, 2.24) is 0 Å². The first-order valence-corrected chi connectivity index (χ1v) is 7.81. The van der Waals surface area contributed by atoms with Gasteiger partial charge in [-0.05, 0) is 49.2 Å². The van der Waals surface area contributed by atoms with E-state index >= 15 is 0 Å². The SMILES string of the molecule is COc1ccc(OCCCC(=O)Nc2ccc([N+](=O)[O-])cc2C)cc1. The molecule has 0 spiro atoms. The highest BCUT2D eigenvalue weighted by atomic mass is 16.6. The van der Waals surface area contributed by atoms with E-state index in [2.05, 4.69) is 5.32 Å². The number of methoxy groups -OCH3 is 1. The second-order valence-electron chi connectivity index (χ2n) is 5.43. The molecule has 2 rings (SSSR count). The minimum absolute atomic E-state index is 0.00314. The normalized spacial score (nSPS) is 10.2. The fourth-order valence-electron chi connectivity index (χ4n) is 2.21. The lowest BCUT2D eigenvalue weighted by Crippen LogP contribution is -2.13. The number of anilines is 1. The number of hydrogen-bond donors (Lipinski definition) is 1. The molecule has 0 aliphatic rings. The number of carbonyl (C=O) groups excluding carboxylic acids is 1. The van der Waals surface area contributed by atoms with Crippen LogP contribution in [0.15, 0.2) is 42.5 Å². The van der Waals surface area contributed by atoms with Crippen LogP contribution in [0.2, 0.25) is 0 Å². The molecule has 25 heavy (non-hydrogen) atoms. The van der Waals surface area contributed by atoms with Gasteiger partial charge in [-0.25, -0.2) is 0 Å². The lowest BCUT2D eigenvalue weighted by molar-refractivity contribution is -0.384. The van der Waals surface area contributed by atoms with Crippen LogP contribution in [0.4, 0.5) is 11.4 Å². The fraction of sp³-hybridized carbons (Fsp3) is 0.278. The Morgan fingerprint density at radius 3 is 2.44 bits per heavy atom. The molecule has 132 valence electrons. The molecule has 0 aromatic heterocycles. The minimum Gasteiger partial charge on any atom is -0.497 e. The number of benzene rings is 2. The van der Waals surface area contributed by atoms with Crippen LogP contribution in [0.3, 0.4) is 0 Å². The topological polar surface area (TPSA) is 90.7 Å². The van der Waals surface area contributed by atoms with E-state index < -0.39 is 4.92 Å². The molecule has 0 radical (unpaired) electrons. The van der Waals surface area contributed by atoms with Crippen LogP contribution in [0.25, 0.3) is 0 Å². The van der Waals surface area contributed by atoms with E-state index in [4.69, 9.17) is 9.47 Å². The summed E-state index contributed by atoms with van der Waals surface area (Å²) in [6.07, 6.45) is 0.858. The molecule has 0 fully saturated rings. The molecular formula is C18H20N2O5. The summed E-state index contributed by atoms with van der Waals surface area (Å²) in [6, 6.07) is 11.6. The predicted molar refractivity (Wildman–Crippen MR) is 94.2 cm³/mol. The molecule has 0 saturated carbocycles. The highest BCUT2D eigenvalue weighted by Gasteiger charge is 2.10. The van der Waals surface area contributed by atoms with Crippen molar-refractivity contribution >= 4 is 17.3 Å². The predicted octanol–water partition coefficient (Wildman–Crippen LogP) is 3.71. The third-order valence-electron chi connectivity index (χ3n) is 3.57. The van der Waals surface area contributed by atoms with E-state index in [1.807, 2.05) is 0 Å². The lowest BCUT2D eigenvalue weighted by atomic mass is 10.1. The number of aryl methyl sites for hydroxylation is 1. The highest BCUT2D eigenvalue weighted by Crippen LogP contribution is 2.21. The number of carbonyl (C=O) groups is 1. The van der Waals surface area contributed by atoms with Gasteiger partial charge in [-0.15, -0.1) is 0 Å². The summed E-state index contributed by atoms with van der Waals surface area (Å²) >= 11 is 0. The van der Waals surface area contributed by atoms with Gasteiger partial charge in [0.15, 0.2) is 0 Å². The number of nitro benzene ring substituents is 1. The van der Waals surface area contributed by atoms with Gasteiger partial charge in [0.05, 0.1) is 18.6 Å². The van der Waals surface area contributed by atoms with Crippen molar-refractivity contribution in [3.8, 4) is 11.5 Å². The zero-order valence-corrected chi connectivity index (χ0v) is 14.2. The number of non-ortho nitro benzene ring substituents is 1. The molecule has 0 heterocycles. The Balaban J connectivity index is 1.76. The van der Waals surface area contributed by atoms with Crippen molar-refractivity contribution in [3.05, 3.63) is 58.1 Å². The van der Waals surface area contributed by atoms with Crippen molar-refractivity contribution in [3.63, 3.8) is 0 Å². The Kier molecular flexibility index (Phi) is 6.33. The molecule has 0 atom stereocenters. The number of ether oxygens (including phenoxy) is 2. The first kappa shape index (κ1) is 18.3. The quantitative estimate of drug-likeness (QED) is 0.448. The van der Waals surface area contributed by atoms with E-state index in [-0.39, 0.29) is 11.6 Å². The molecule has 0 aliphatic carbocycles. The van der Waals surface area contributed by atoms with Gasteiger partial charge in [-0.1, -0.05) is 0 Å². The van der Waals surface area contributed by atoms with E-state index in [0.29, 0.717) is 36.4 Å². The molecule has 0 saturated heterocycles. The number of rotatable bonds is 8. The van der Waals surface area contributed by atoms with Gasteiger partial charge in [-0.3, -0.25) is 14.9 Å². The fourth-order valence-corrected chi connectivity index (χ4v) is 2.21. The molecule has 2 aromatic carbocycles. The molecule has 0 bridgehead atoms. The Labute approximate surface area is 145 Å². The second kappa shape index (κ2) is 8.68. The Morgan fingerprint density at radius 1 is 1.16 bits per heavy atom. The van der Waals surface area contributed by atoms with E-state index in [1.54, 1.807) is 44.4 Å². The summed E-state index contributed by atoms with van der Waals surface area (Å²) in [5.74, 6) is 1.31. The molecule has 0 unspecified atom stereocenters. The van der Waals surface area contributed by atoms with Crippen molar-refractivity contribution in [2.24, 2.45) is 0 Å². The van der Waals surface area contributed by atoms with Gasteiger partial charge < -0.3 is 14.8 Å². The van der Waals surface area contributed by atoms with Crippen LogP contribution in [0, 0.1) is 17.0 Å². The number of nitrogens with one attached hydrogen (secondary N) is 1. The highest BCUT2D eigenvalue weighted by molar-refractivity contribution is 5.91. The van der Waals surface area contributed by atoms with Gasteiger partial charge in [0, 0.05) is 24.2 Å². The van der Waals surface area contributed by atoms with E-state index in [9.17, 15) is 14.9 Å². The van der Waals surface area contributed by atoms with Crippen LogP contribution in [0.5, 0.6) is 11.5 Å². The average molecular weight is 344 g/mol. The molecule has 1 amide bonds. The maximum Gasteiger partial charge on any atom is 0.269 e. The summed E-state index contributed by atoms with van der Waals surface area (Å²) in [5.41, 5.74) is 1.23. The van der Waals surface area contributed by atoms with Crippen LogP contribution in [0.1, 0.15) is 18.4 Å². The van der Waals surface area contributed by atoms with Crippen molar-refractivity contribution in [2.45, 2.75) is 19.8 Å². The van der Waals surface area contributed by atoms with Gasteiger partial charge in [-0.2, -0.15) is 0 Å². The maximum atomic E-state index is 12.0. The molecule has 7 nitrogen and oxygen atoms in total. The Morgan fingerprint density at radius 2 is 1.84 bits per heavy atom. The number of amides is 1. The van der Waals surface area contributed by atoms with Crippen molar-refractivity contribution < 1.29 is 19.2 Å². The minimum atomic E-state index is -0.463. The first-order chi connectivity index (χ1) is 12.0. The zero-order valence-electron chi connectivity index (χ0n) is 14.2. The summed E-state index contributed by atoms with van der Waals surface area (Å²) in [5, 5.41) is 13.5. The van der Waals surface area contributed by atoms with Crippen LogP contribution >= 0.6 is 0 Å². The Bertz CT molecular complexity index is 744. The number of nitrogens with zero attached hydrogens (tertiary/aromatic N) is 1. The van der Waals surface area contributed by atoms with Crippen LogP contribution in [-0.4, -0.2) is 24.5 Å². The summed E-state index contributed by atoms with van der Waals surface area (Å²) < 4.78 is 10.6. The molecule has 1 N–H and O–H groups in total.